The molecule has 0 fully saturated rings. The van der Waals surface area contributed by atoms with E-state index in [4.69, 9.17) is 5.11 Å². The van der Waals surface area contributed by atoms with Gasteiger partial charge in [0, 0.05) is 25.1 Å². The van der Waals surface area contributed by atoms with Crippen LogP contribution in [0.5, 0.6) is 0 Å². The van der Waals surface area contributed by atoms with Gasteiger partial charge in [-0.05, 0) is 44.5 Å². The van der Waals surface area contributed by atoms with Crippen molar-refractivity contribution in [2.45, 2.75) is 33.2 Å². The summed E-state index contributed by atoms with van der Waals surface area (Å²) < 4.78 is 28.0. The highest BCUT2D eigenvalue weighted by Crippen LogP contribution is 2.17. The van der Waals surface area contributed by atoms with Crippen molar-refractivity contribution in [1.29, 1.82) is 0 Å². The van der Waals surface area contributed by atoms with E-state index in [1.54, 1.807) is 18.2 Å². The molecule has 116 valence electrons. The van der Waals surface area contributed by atoms with Crippen molar-refractivity contribution >= 4 is 15.9 Å². The number of rotatable bonds is 5. The normalized spacial score (nSPS) is 11.4. The third-order valence-corrected chi connectivity index (χ3v) is 4.71. The summed E-state index contributed by atoms with van der Waals surface area (Å²) in [7, 11) is -2.01. The lowest BCUT2D eigenvalue weighted by atomic mass is 10.1. The maximum Gasteiger partial charge on any atom is 0.301 e. The zero-order chi connectivity index (χ0) is 16.0. The zero-order valence-corrected chi connectivity index (χ0v) is 13.7. The minimum Gasteiger partial charge on any atom is -0.395 e. The van der Waals surface area contributed by atoms with E-state index in [0.29, 0.717) is 12.1 Å². The highest BCUT2D eigenvalue weighted by Gasteiger charge is 2.20. The first-order valence-electron chi connectivity index (χ1n) is 6.74. The summed E-state index contributed by atoms with van der Waals surface area (Å²) in [6, 6.07) is 5.08. The molecule has 0 amide bonds. The van der Waals surface area contributed by atoms with Crippen LogP contribution in [0.15, 0.2) is 18.2 Å². The largest absolute Gasteiger partial charge is 0.395 e. The predicted molar refractivity (Wildman–Crippen MR) is 85.2 cm³/mol. The topological polar surface area (TPSA) is 69.6 Å². The summed E-state index contributed by atoms with van der Waals surface area (Å²) in [6.07, 6.45) is 0.424. The van der Waals surface area contributed by atoms with Crippen LogP contribution in [-0.4, -0.2) is 37.5 Å². The van der Waals surface area contributed by atoms with E-state index in [9.17, 15) is 8.42 Å². The second kappa shape index (κ2) is 7.46. The summed E-state index contributed by atoms with van der Waals surface area (Å²) in [5.41, 5.74) is 2.21. The molecule has 5 nitrogen and oxygen atoms in total. The van der Waals surface area contributed by atoms with Gasteiger partial charge >= 0.3 is 10.2 Å². The molecular weight excluding hydrogens is 288 g/mol. The number of aliphatic hydroxyl groups is 1. The number of nitrogens with zero attached hydrogens (tertiary/aromatic N) is 1. The van der Waals surface area contributed by atoms with Crippen LogP contribution in [0.1, 0.15) is 31.4 Å². The zero-order valence-electron chi connectivity index (χ0n) is 12.8. The Hall–Kier alpha value is -1.55. The lowest BCUT2D eigenvalue weighted by Crippen LogP contribution is -2.37. The van der Waals surface area contributed by atoms with Gasteiger partial charge in [-0.25, -0.2) is 0 Å². The number of anilines is 1. The summed E-state index contributed by atoms with van der Waals surface area (Å²) in [4.78, 5) is 0. The van der Waals surface area contributed by atoms with E-state index in [0.717, 1.165) is 11.1 Å². The summed E-state index contributed by atoms with van der Waals surface area (Å²) in [5.74, 6) is 5.79. The fourth-order valence-corrected chi connectivity index (χ4v) is 2.70. The standard InChI is InChI=1S/C15H22N2O3S/c1-12(2)17(4)21(19,20)16-15-9-8-14(13(3)11-15)7-5-6-10-18/h8-9,11-12,16,18H,6,10H2,1-4H3. The van der Waals surface area contributed by atoms with Gasteiger partial charge in [0.25, 0.3) is 0 Å². The molecule has 0 saturated carbocycles. The fraction of sp³-hybridized carbons (Fsp3) is 0.467. The average molecular weight is 310 g/mol. The maximum atomic E-state index is 12.1. The molecule has 1 rings (SSSR count). The fourth-order valence-electron chi connectivity index (χ4n) is 1.58. The Balaban J connectivity index is 2.93. The summed E-state index contributed by atoms with van der Waals surface area (Å²) in [5, 5.41) is 8.70. The Morgan fingerprint density at radius 3 is 2.57 bits per heavy atom. The molecule has 0 radical (unpaired) electrons. The second-order valence-electron chi connectivity index (χ2n) is 5.02. The Bertz CT molecular complexity index is 643. The van der Waals surface area contributed by atoms with Crippen molar-refractivity contribution in [3.8, 4) is 11.8 Å². The Morgan fingerprint density at radius 1 is 1.38 bits per heavy atom. The summed E-state index contributed by atoms with van der Waals surface area (Å²) >= 11 is 0. The quantitative estimate of drug-likeness (QED) is 0.814. The van der Waals surface area contributed by atoms with Gasteiger partial charge < -0.3 is 5.11 Å². The third kappa shape index (κ3) is 5.05. The van der Waals surface area contributed by atoms with Crippen LogP contribution in [0, 0.1) is 18.8 Å². The van der Waals surface area contributed by atoms with Gasteiger partial charge in [0.15, 0.2) is 0 Å². The Labute approximate surface area is 127 Å². The van der Waals surface area contributed by atoms with Crippen molar-refractivity contribution in [3.05, 3.63) is 29.3 Å². The first-order valence-corrected chi connectivity index (χ1v) is 8.18. The Kier molecular flexibility index (Phi) is 6.21. The van der Waals surface area contributed by atoms with E-state index in [1.807, 2.05) is 20.8 Å². The van der Waals surface area contributed by atoms with E-state index in [-0.39, 0.29) is 12.6 Å². The minimum absolute atomic E-state index is 0.0332. The van der Waals surface area contributed by atoms with Crippen LogP contribution in [0.4, 0.5) is 5.69 Å². The van der Waals surface area contributed by atoms with Crippen LogP contribution in [0.25, 0.3) is 0 Å². The van der Waals surface area contributed by atoms with Gasteiger partial charge in [0.1, 0.15) is 0 Å². The number of hydrogen-bond donors (Lipinski definition) is 2. The molecule has 0 heterocycles. The molecule has 0 saturated heterocycles. The second-order valence-corrected chi connectivity index (χ2v) is 6.75. The van der Waals surface area contributed by atoms with Gasteiger partial charge in [-0.15, -0.1) is 0 Å². The number of benzene rings is 1. The number of aryl methyl sites for hydroxylation is 1. The first-order chi connectivity index (χ1) is 9.77. The number of aliphatic hydroxyl groups excluding tert-OH is 1. The van der Waals surface area contributed by atoms with Crippen LogP contribution < -0.4 is 4.72 Å². The molecule has 0 atom stereocenters. The minimum atomic E-state index is -3.55. The highest BCUT2D eigenvalue weighted by atomic mass is 32.2. The van der Waals surface area contributed by atoms with Gasteiger partial charge in [0.2, 0.25) is 0 Å². The first kappa shape index (κ1) is 17.5. The highest BCUT2D eigenvalue weighted by molar-refractivity contribution is 7.90. The molecule has 0 spiro atoms. The molecule has 0 aromatic heterocycles. The molecule has 1 aromatic carbocycles. The van der Waals surface area contributed by atoms with Crippen molar-refractivity contribution < 1.29 is 13.5 Å². The molecule has 0 aliphatic heterocycles. The van der Waals surface area contributed by atoms with E-state index >= 15 is 0 Å². The van der Waals surface area contributed by atoms with Crippen molar-refractivity contribution in [3.63, 3.8) is 0 Å². The molecule has 0 unspecified atom stereocenters. The molecule has 2 N–H and O–H groups in total. The monoisotopic (exact) mass is 310 g/mol. The molecule has 0 aliphatic rings. The Morgan fingerprint density at radius 2 is 2.05 bits per heavy atom. The van der Waals surface area contributed by atoms with Gasteiger partial charge in [-0.3, -0.25) is 4.72 Å². The van der Waals surface area contributed by atoms with E-state index < -0.39 is 10.2 Å². The predicted octanol–water partition coefficient (Wildman–Crippen LogP) is 1.73. The maximum absolute atomic E-state index is 12.1. The van der Waals surface area contributed by atoms with E-state index in [1.165, 1.54) is 11.4 Å². The molecule has 1 aromatic rings. The smallest absolute Gasteiger partial charge is 0.301 e. The van der Waals surface area contributed by atoms with Gasteiger partial charge in [0.05, 0.1) is 12.3 Å². The molecular formula is C15H22N2O3S. The van der Waals surface area contributed by atoms with Gasteiger partial charge in [-0.2, -0.15) is 12.7 Å². The van der Waals surface area contributed by atoms with Gasteiger partial charge in [-0.1, -0.05) is 11.8 Å². The molecule has 0 aliphatic carbocycles. The third-order valence-electron chi connectivity index (χ3n) is 3.04. The van der Waals surface area contributed by atoms with E-state index in [2.05, 4.69) is 16.6 Å². The lowest BCUT2D eigenvalue weighted by molar-refractivity contribution is 0.305. The molecule has 0 bridgehead atoms. The molecule has 21 heavy (non-hydrogen) atoms. The van der Waals surface area contributed by atoms with Crippen LogP contribution in [-0.2, 0) is 10.2 Å². The number of nitrogens with one attached hydrogen (secondary N) is 1. The lowest BCUT2D eigenvalue weighted by Gasteiger charge is -2.21. The average Bonchev–Trinajstić information content (AvgIpc) is 2.40. The summed E-state index contributed by atoms with van der Waals surface area (Å²) in [6.45, 7) is 5.52. The van der Waals surface area contributed by atoms with Crippen molar-refractivity contribution in [2.75, 3.05) is 18.4 Å². The van der Waals surface area contributed by atoms with Crippen molar-refractivity contribution in [2.24, 2.45) is 0 Å². The molecule has 6 heteroatoms. The number of hydrogen-bond acceptors (Lipinski definition) is 3. The van der Waals surface area contributed by atoms with Crippen LogP contribution >= 0.6 is 0 Å². The SMILES string of the molecule is Cc1cc(NS(=O)(=O)N(C)C(C)C)ccc1C#CCCO. The van der Waals surface area contributed by atoms with Crippen LogP contribution in [0.2, 0.25) is 0 Å². The van der Waals surface area contributed by atoms with Crippen molar-refractivity contribution in [1.82, 2.24) is 4.31 Å². The van der Waals surface area contributed by atoms with Crippen LogP contribution in [0.3, 0.4) is 0 Å².